The second-order valence-corrected chi connectivity index (χ2v) is 5.71. The van der Waals surface area contributed by atoms with Gasteiger partial charge in [0.2, 0.25) is 5.91 Å². The highest BCUT2D eigenvalue weighted by Gasteiger charge is 2.22. The number of likely N-dealkylation sites (N-methyl/N-ethyl adjacent to an activating group) is 1. The monoisotopic (exact) mass is 320 g/mol. The third-order valence-corrected chi connectivity index (χ3v) is 3.72. The first-order chi connectivity index (χ1) is 11.0. The summed E-state index contributed by atoms with van der Waals surface area (Å²) in [4.78, 5) is 28.0. The molecule has 7 nitrogen and oxygen atoms in total. The Balaban J connectivity index is 1.91. The number of hydrogen-bond donors (Lipinski definition) is 2. The number of hydrogen-bond acceptors (Lipinski definition) is 5. The molecule has 0 saturated carbocycles. The van der Waals surface area contributed by atoms with Gasteiger partial charge in [-0.15, -0.1) is 0 Å². The molecule has 2 rings (SSSR count). The summed E-state index contributed by atoms with van der Waals surface area (Å²) >= 11 is 0. The highest BCUT2D eigenvalue weighted by atomic mass is 16.5. The van der Waals surface area contributed by atoms with Gasteiger partial charge in [-0.1, -0.05) is 12.1 Å². The van der Waals surface area contributed by atoms with Crippen LogP contribution in [0, 0.1) is 0 Å². The van der Waals surface area contributed by atoms with E-state index < -0.39 is 6.03 Å². The van der Waals surface area contributed by atoms with Crippen LogP contribution in [-0.4, -0.2) is 58.4 Å². The second-order valence-electron chi connectivity index (χ2n) is 5.71. The van der Waals surface area contributed by atoms with Crippen molar-refractivity contribution in [2.75, 3.05) is 50.2 Å². The molecule has 0 fully saturated rings. The lowest BCUT2D eigenvalue weighted by molar-refractivity contribution is -0.118. The third kappa shape index (κ3) is 4.59. The number of para-hydroxylation sites is 2. The number of fused-ring (bicyclic) bond motifs is 1. The molecule has 0 bridgehead atoms. The standard InChI is InChI=1S/C16H24N4O3/c1-12(11-23-3)17-16(22)18-15(21)10-20-9-8-19(2)13-6-4-5-7-14(13)20/h4-7,12H,8-11H2,1-3H3,(H2,17,18,21,22)/t12-/m0/s1. The summed E-state index contributed by atoms with van der Waals surface area (Å²) in [5, 5.41) is 5.01. The van der Waals surface area contributed by atoms with Gasteiger partial charge >= 0.3 is 6.03 Å². The van der Waals surface area contributed by atoms with Gasteiger partial charge in [0, 0.05) is 27.2 Å². The SMILES string of the molecule is COC[C@H](C)NC(=O)NC(=O)CN1CCN(C)c2ccccc21. The van der Waals surface area contributed by atoms with E-state index in [0.717, 1.165) is 24.5 Å². The van der Waals surface area contributed by atoms with Crippen molar-refractivity contribution in [2.45, 2.75) is 13.0 Å². The van der Waals surface area contributed by atoms with Gasteiger partial charge in [-0.05, 0) is 19.1 Å². The summed E-state index contributed by atoms with van der Waals surface area (Å²) in [5.74, 6) is -0.327. The van der Waals surface area contributed by atoms with Gasteiger partial charge in [-0.25, -0.2) is 4.79 Å². The maximum absolute atomic E-state index is 12.1. The molecule has 1 aliphatic heterocycles. The molecule has 3 amide bonds. The number of imide groups is 1. The number of rotatable bonds is 5. The van der Waals surface area contributed by atoms with Crippen molar-refractivity contribution in [1.29, 1.82) is 0 Å². The topological polar surface area (TPSA) is 73.9 Å². The van der Waals surface area contributed by atoms with Crippen LogP contribution in [0.4, 0.5) is 16.2 Å². The molecule has 2 N–H and O–H groups in total. The van der Waals surface area contributed by atoms with E-state index in [1.165, 1.54) is 0 Å². The second kappa shape index (κ2) is 7.82. The number of carbonyl (C=O) groups excluding carboxylic acids is 2. The molecule has 126 valence electrons. The Hall–Kier alpha value is -2.28. The number of urea groups is 1. The summed E-state index contributed by atoms with van der Waals surface area (Å²) in [7, 11) is 3.59. The Kier molecular flexibility index (Phi) is 5.81. The lowest BCUT2D eigenvalue weighted by Crippen LogP contribution is -2.49. The normalized spacial score (nSPS) is 14.9. The lowest BCUT2D eigenvalue weighted by Gasteiger charge is -2.36. The van der Waals surface area contributed by atoms with Gasteiger partial charge in [0.1, 0.15) is 0 Å². The minimum absolute atomic E-state index is 0.150. The Morgan fingerprint density at radius 3 is 2.65 bits per heavy atom. The van der Waals surface area contributed by atoms with E-state index in [1.54, 1.807) is 7.11 Å². The van der Waals surface area contributed by atoms with Crippen molar-refractivity contribution < 1.29 is 14.3 Å². The van der Waals surface area contributed by atoms with Crippen LogP contribution >= 0.6 is 0 Å². The Bertz CT molecular complexity index is 564. The molecule has 0 spiro atoms. The molecule has 1 aliphatic rings. The number of ether oxygens (including phenoxy) is 1. The van der Waals surface area contributed by atoms with E-state index in [1.807, 2.05) is 43.1 Å². The van der Waals surface area contributed by atoms with Crippen molar-refractivity contribution in [3.05, 3.63) is 24.3 Å². The molecule has 0 unspecified atom stereocenters. The smallest absolute Gasteiger partial charge is 0.321 e. The molecule has 0 saturated heterocycles. The molecule has 1 heterocycles. The predicted octanol–water partition coefficient (Wildman–Crippen LogP) is 0.804. The number of nitrogens with zero attached hydrogens (tertiary/aromatic N) is 2. The predicted molar refractivity (Wildman–Crippen MR) is 89.9 cm³/mol. The molecule has 0 aliphatic carbocycles. The van der Waals surface area contributed by atoms with Gasteiger partial charge in [-0.3, -0.25) is 10.1 Å². The zero-order valence-corrected chi connectivity index (χ0v) is 13.8. The molecule has 0 radical (unpaired) electrons. The summed E-state index contributed by atoms with van der Waals surface area (Å²) < 4.78 is 4.94. The van der Waals surface area contributed by atoms with Crippen LogP contribution in [0.15, 0.2) is 24.3 Å². The largest absolute Gasteiger partial charge is 0.383 e. The highest BCUT2D eigenvalue weighted by molar-refractivity contribution is 5.97. The van der Waals surface area contributed by atoms with Gasteiger partial charge in [0.15, 0.2) is 0 Å². The van der Waals surface area contributed by atoms with Crippen molar-refractivity contribution in [3.8, 4) is 0 Å². The maximum Gasteiger partial charge on any atom is 0.321 e. The fraction of sp³-hybridized carbons (Fsp3) is 0.500. The van der Waals surface area contributed by atoms with Crippen LogP contribution in [0.3, 0.4) is 0 Å². The van der Waals surface area contributed by atoms with Gasteiger partial charge in [0.25, 0.3) is 0 Å². The van der Waals surface area contributed by atoms with E-state index in [2.05, 4.69) is 15.5 Å². The molecule has 0 aromatic heterocycles. The summed E-state index contributed by atoms with van der Waals surface area (Å²) in [6, 6.07) is 7.28. The Morgan fingerprint density at radius 1 is 1.26 bits per heavy atom. The van der Waals surface area contributed by atoms with E-state index in [-0.39, 0.29) is 18.5 Å². The first-order valence-corrected chi connectivity index (χ1v) is 7.65. The molecule has 1 aromatic rings. The minimum Gasteiger partial charge on any atom is -0.383 e. The third-order valence-electron chi connectivity index (χ3n) is 3.72. The fourth-order valence-corrected chi connectivity index (χ4v) is 2.62. The average Bonchev–Trinajstić information content (AvgIpc) is 2.50. The van der Waals surface area contributed by atoms with Crippen LogP contribution in [-0.2, 0) is 9.53 Å². The van der Waals surface area contributed by atoms with Gasteiger partial charge in [-0.2, -0.15) is 0 Å². The van der Waals surface area contributed by atoms with Crippen LogP contribution in [0.1, 0.15) is 6.92 Å². The number of benzene rings is 1. The number of methoxy groups -OCH3 is 1. The van der Waals surface area contributed by atoms with E-state index in [9.17, 15) is 9.59 Å². The van der Waals surface area contributed by atoms with Crippen LogP contribution in [0.5, 0.6) is 0 Å². The number of anilines is 2. The fourth-order valence-electron chi connectivity index (χ4n) is 2.62. The average molecular weight is 320 g/mol. The zero-order valence-electron chi connectivity index (χ0n) is 13.8. The maximum atomic E-state index is 12.1. The molecule has 7 heteroatoms. The number of nitrogens with one attached hydrogen (secondary N) is 2. The molecular weight excluding hydrogens is 296 g/mol. The van der Waals surface area contributed by atoms with Crippen LogP contribution in [0.2, 0.25) is 0 Å². The summed E-state index contributed by atoms with van der Waals surface area (Å²) in [5.41, 5.74) is 2.09. The van der Waals surface area contributed by atoms with Crippen molar-refractivity contribution in [1.82, 2.24) is 10.6 Å². The number of carbonyl (C=O) groups is 2. The van der Waals surface area contributed by atoms with Crippen molar-refractivity contribution in [3.63, 3.8) is 0 Å². The summed E-state index contributed by atoms with van der Waals surface area (Å²) in [6.45, 7) is 3.93. The van der Waals surface area contributed by atoms with Crippen LogP contribution in [0.25, 0.3) is 0 Å². The summed E-state index contributed by atoms with van der Waals surface area (Å²) in [6.07, 6.45) is 0. The molecular formula is C16H24N4O3. The van der Waals surface area contributed by atoms with Gasteiger partial charge < -0.3 is 19.9 Å². The van der Waals surface area contributed by atoms with Gasteiger partial charge in [0.05, 0.1) is 30.6 Å². The Labute approximate surface area is 136 Å². The first kappa shape index (κ1) is 17.1. The van der Waals surface area contributed by atoms with E-state index in [4.69, 9.17) is 4.74 Å². The lowest BCUT2D eigenvalue weighted by atomic mass is 10.2. The van der Waals surface area contributed by atoms with Crippen molar-refractivity contribution in [2.24, 2.45) is 0 Å². The number of amides is 3. The molecule has 23 heavy (non-hydrogen) atoms. The first-order valence-electron chi connectivity index (χ1n) is 7.65. The minimum atomic E-state index is -0.498. The Morgan fingerprint density at radius 2 is 1.96 bits per heavy atom. The van der Waals surface area contributed by atoms with Crippen molar-refractivity contribution >= 4 is 23.3 Å². The molecule has 1 aromatic carbocycles. The highest BCUT2D eigenvalue weighted by Crippen LogP contribution is 2.31. The zero-order chi connectivity index (χ0) is 16.8. The van der Waals surface area contributed by atoms with E-state index in [0.29, 0.717) is 6.61 Å². The molecule has 1 atom stereocenters. The van der Waals surface area contributed by atoms with E-state index >= 15 is 0 Å². The van der Waals surface area contributed by atoms with Crippen LogP contribution < -0.4 is 20.4 Å². The quantitative estimate of drug-likeness (QED) is 0.840.